The van der Waals surface area contributed by atoms with Crippen molar-refractivity contribution < 1.29 is 14.7 Å². The van der Waals surface area contributed by atoms with Gasteiger partial charge in [-0.2, -0.15) is 0 Å². The summed E-state index contributed by atoms with van der Waals surface area (Å²) < 4.78 is 0. The van der Waals surface area contributed by atoms with Crippen LogP contribution in [0.5, 0.6) is 0 Å². The van der Waals surface area contributed by atoms with E-state index < -0.39 is 11.4 Å². The molecule has 0 bridgehead atoms. The maximum absolute atomic E-state index is 11.9. The topological polar surface area (TPSA) is 66.4 Å². The number of carboxylic acids is 1. The van der Waals surface area contributed by atoms with Crippen LogP contribution in [0.15, 0.2) is 12.7 Å². The number of hydrogen-bond donors (Lipinski definition) is 2. The lowest BCUT2D eigenvalue weighted by molar-refractivity contribution is -0.154. The first-order valence-electron chi connectivity index (χ1n) is 6.64. The van der Waals surface area contributed by atoms with E-state index in [0.717, 1.165) is 19.3 Å². The van der Waals surface area contributed by atoms with E-state index in [-0.39, 0.29) is 18.4 Å². The summed E-state index contributed by atoms with van der Waals surface area (Å²) in [6.45, 7) is 5.52. The average Bonchev–Trinajstić information content (AvgIpc) is 2.29. The van der Waals surface area contributed by atoms with Crippen LogP contribution in [0.3, 0.4) is 0 Å². The van der Waals surface area contributed by atoms with Gasteiger partial charge in [-0.15, -0.1) is 6.58 Å². The van der Waals surface area contributed by atoms with Crippen molar-refractivity contribution in [2.45, 2.75) is 57.9 Å². The second-order valence-corrected chi connectivity index (χ2v) is 5.32. The number of aliphatic carboxylic acids is 1. The summed E-state index contributed by atoms with van der Waals surface area (Å²) in [5.74, 6) is -0.984. The van der Waals surface area contributed by atoms with Gasteiger partial charge >= 0.3 is 5.97 Å². The molecule has 4 nitrogen and oxygen atoms in total. The standard InChI is InChI=1S/C14H23NO3/c1-3-7-11(2)15-12(16)10-14(13(17)18)8-5-4-6-9-14/h3,11H,1,4-10H2,2H3,(H,15,16)(H,17,18). The number of amides is 1. The first-order chi connectivity index (χ1) is 8.50. The van der Waals surface area contributed by atoms with Gasteiger partial charge in [-0.25, -0.2) is 0 Å². The number of nitrogens with one attached hydrogen (secondary N) is 1. The molecule has 0 aromatic carbocycles. The molecule has 1 saturated carbocycles. The van der Waals surface area contributed by atoms with Gasteiger partial charge in [-0.05, 0) is 26.2 Å². The Balaban J connectivity index is 2.58. The monoisotopic (exact) mass is 253 g/mol. The second kappa shape index (κ2) is 6.57. The summed E-state index contributed by atoms with van der Waals surface area (Å²) in [7, 11) is 0. The molecule has 18 heavy (non-hydrogen) atoms. The zero-order chi connectivity index (χ0) is 13.6. The second-order valence-electron chi connectivity index (χ2n) is 5.32. The van der Waals surface area contributed by atoms with Gasteiger partial charge in [0.15, 0.2) is 0 Å². The Labute approximate surface area is 108 Å². The molecular formula is C14H23NO3. The maximum atomic E-state index is 11.9. The van der Waals surface area contributed by atoms with Crippen molar-refractivity contribution in [1.29, 1.82) is 0 Å². The molecule has 0 radical (unpaired) electrons. The highest BCUT2D eigenvalue weighted by atomic mass is 16.4. The highest BCUT2D eigenvalue weighted by Crippen LogP contribution is 2.39. The minimum Gasteiger partial charge on any atom is -0.481 e. The maximum Gasteiger partial charge on any atom is 0.310 e. The molecule has 0 spiro atoms. The van der Waals surface area contributed by atoms with Crippen LogP contribution in [0, 0.1) is 5.41 Å². The normalized spacial score (nSPS) is 19.8. The van der Waals surface area contributed by atoms with E-state index in [2.05, 4.69) is 11.9 Å². The Bertz CT molecular complexity index is 319. The molecule has 1 rings (SSSR count). The molecule has 0 aromatic heterocycles. The van der Waals surface area contributed by atoms with Crippen LogP contribution in [0.2, 0.25) is 0 Å². The molecule has 1 unspecified atom stereocenters. The Hall–Kier alpha value is -1.32. The van der Waals surface area contributed by atoms with Crippen LogP contribution >= 0.6 is 0 Å². The van der Waals surface area contributed by atoms with Gasteiger partial charge in [0.25, 0.3) is 0 Å². The first kappa shape index (κ1) is 14.7. The van der Waals surface area contributed by atoms with E-state index in [0.29, 0.717) is 19.3 Å². The van der Waals surface area contributed by atoms with E-state index >= 15 is 0 Å². The molecule has 0 heterocycles. The fourth-order valence-corrected chi connectivity index (χ4v) is 2.64. The van der Waals surface area contributed by atoms with Gasteiger partial charge < -0.3 is 10.4 Å². The Kier molecular flexibility index (Phi) is 5.38. The predicted octanol–water partition coefficient (Wildman–Crippen LogP) is 2.49. The van der Waals surface area contributed by atoms with Gasteiger partial charge in [0, 0.05) is 12.5 Å². The average molecular weight is 253 g/mol. The summed E-state index contributed by atoms with van der Waals surface area (Å²) in [6, 6.07) is 0.0180. The fraction of sp³-hybridized carbons (Fsp3) is 0.714. The minimum atomic E-state index is -0.837. The lowest BCUT2D eigenvalue weighted by Gasteiger charge is -2.32. The van der Waals surface area contributed by atoms with Crippen LogP contribution in [0.4, 0.5) is 0 Å². The molecular weight excluding hydrogens is 230 g/mol. The van der Waals surface area contributed by atoms with Gasteiger partial charge in [0.05, 0.1) is 5.41 Å². The minimum absolute atomic E-state index is 0.0180. The van der Waals surface area contributed by atoms with Crippen molar-refractivity contribution in [2.24, 2.45) is 5.41 Å². The van der Waals surface area contributed by atoms with Crippen LogP contribution in [0.1, 0.15) is 51.9 Å². The van der Waals surface area contributed by atoms with Gasteiger partial charge in [0.2, 0.25) is 5.91 Å². The van der Waals surface area contributed by atoms with E-state index in [4.69, 9.17) is 0 Å². The first-order valence-corrected chi connectivity index (χ1v) is 6.64. The summed E-state index contributed by atoms with van der Waals surface area (Å²) in [4.78, 5) is 23.3. The molecule has 0 aliphatic heterocycles. The van der Waals surface area contributed by atoms with Gasteiger partial charge in [-0.3, -0.25) is 9.59 Å². The molecule has 1 fully saturated rings. The van der Waals surface area contributed by atoms with Crippen molar-refractivity contribution >= 4 is 11.9 Å². The highest BCUT2D eigenvalue weighted by molar-refractivity contribution is 5.85. The summed E-state index contributed by atoms with van der Waals surface area (Å²) in [5, 5.41) is 12.2. The van der Waals surface area contributed by atoms with Gasteiger partial charge in [0.1, 0.15) is 0 Å². The largest absolute Gasteiger partial charge is 0.481 e. The van der Waals surface area contributed by atoms with Crippen LogP contribution in [-0.2, 0) is 9.59 Å². The summed E-state index contributed by atoms with van der Waals surface area (Å²) >= 11 is 0. The lowest BCUT2D eigenvalue weighted by atomic mass is 9.71. The molecule has 102 valence electrons. The zero-order valence-electron chi connectivity index (χ0n) is 11.1. The third-order valence-corrected chi connectivity index (χ3v) is 3.69. The van der Waals surface area contributed by atoms with Crippen molar-refractivity contribution in [2.75, 3.05) is 0 Å². The fourth-order valence-electron chi connectivity index (χ4n) is 2.64. The quantitative estimate of drug-likeness (QED) is 0.715. The van der Waals surface area contributed by atoms with Crippen molar-refractivity contribution in [1.82, 2.24) is 5.32 Å². The third kappa shape index (κ3) is 3.86. The van der Waals surface area contributed by atoms with Crippen LogP contribution < -0.4 is 5.32 Å². The van der Waals surface area contributed by atoms with E-state index in [9.17, 15) is 14.7 Å². The number of rotatable bonds is 6. The lowest BCUT2D eigenvalue weighted by Crippen LogP contribution is -2.41. The third-order valence-electron chi connectivity index (χ3n) is 3.69. The smallest absolute Gasteiger partial charge is 0.310 e. The summed E-state index contributed by atoms with van der Waals surface area (Å²) in [5.41, 5.74) is -0.837. The highest BCUT2D eigenvalue weighted by Gasteiger charge is 2.41. The zero-order valence-corrected chi connectivity index (χ0v) is 11.1. The molecule has 4 heteroatoms. The Morgan fingerprint density at radius 2 is 2.00 bits per heavy atom. The number of carboxylic acid groups (broad SMARTS) is 1. The Morgan fingerprint density at radius 3 is 2.50 bits per heavy atom. The molecule has 0 aromatic rings. The number of hydrogen-bond acceptors (Lipinski definition) is 2. The van der Waals surface area contributed by atoms with E-state index in [1.807, 2.05) is 6.92 Å². The predicted molar refractivity (Wildman–Crippen MR) is 70.2 cm³/mol. The van der Waals surface area contributed by atoms with E-state index in [1.54, 1.807) is 6.08 Å². The van der Waals surface area contributed by atoms with Crippen molar-refractivity contribution in [3.8, 4) is 0 Å². The molecule has 0 saturated heterocycles. The van der Waals surface area contributed by atoms with Gasteiger partial charge in [-0.1, -0.05) is 25.3 Å². The molecule has 1 aliphatic carbocycles. The van der Waals surface area contributed by atoms with Crippen molar-refractivity contribution in [3.63, 3.8) is 0 Å². The SMILES string of the molecule is C=CCC(C)NC(=O)CC1(C(=O)O)CCCCC1. The molecule has 1 aliphatic rings. The molecule has 2 N–H and O–H groups in total. The summed E-state index contributed by atoms with van der Waals surface area (Å²) in [6.07, 6.45) is 6.67. The van der Waals surface area contributed by atoms with Crippen molar-refractivity contribution in [3.05, 3.63) is 12.7 Å². The number of carbonyl (C=O) groups excluding carboxylic acids is 1. The number of carbonyl (C=O) groups is 2. The van der Waals surface area contributed by atoms with Crippen LogP contribution in [-0.4, -0.2) is 23.0 Å². The van der Waals surface area contributed by atoms with Crippen LogP contribution in [0.25, 0.3) is 0 Å². The molecule has 1 atom stereocenters. The molecule has 1 amide bonds. The van der Waals surface area contributed by atoms with E-state index in [1.165, 1.54) is 0 Å². The Morgan fingerprint density at radius 1 is 1.39 bits per heavy atom.